The minimum Gasteiger partial charge on any atom is -0.497 e. The first kappa shape index (κ1) is 25.5. The third-order valence-corrected chi connectivity index (χ3v) is 7.56. The lowest BCUT2D eigenvalue weighted by molar-refractivity contribution is -0.274. The van der Waals surface area contributed by atoms with E-state index in [1.807, 2.05) is 0 Å². The summed E-state index contributed by atoms with van der Waals surface area (Å²) in [6.07, 6.45) is -4.79. The van der Waals surface area contributed by atoms with E-state index < -0.39 is 6.36 Å². The zero-order valence-corrected chi connectivity index (χ0v) is 20.8. The number of rotatable bonds is 9. The summed E-state index contributed by atoms with van der Waals surface area (Å²) in [7, 11) is 1.50. The van der Waals surface area contributed by atoms with E-state index in [1.165, 1.54) is 42.7 Å². The predicted molar refractivity (Wildman–Crippen MR) is 129 cm³/mol. The SMILES string of the molecule is COc1ccc(CN2CC3C(C2)C3CN(Cc2cccc(OC(F)(F)F)c2)C(=O)c2cscn2)c(F)c1. The van der Waals surface area contributed by atoms with Gasteiger partial charge in [-0.25, -0.2) is 9.37 Å². The lowest BCUT2D eigenvalue weighted by Gasteiger charge is -2.25. The number of halogens is 4. The molecule has 1 saturated heterocycles. The van der Waals surface area contributed by atoms with Crippen molar-refractivity contribution in [2.45, 2.75) is 19.5 Å². The van der Waals surface area contributed by atoms with Crippen LogP contribution in [0.3, 0.4) is 0 Å². The van der Waals surface area contributed by atoms with Crippen LogP contribution < -0.4 is 9.47 Å². The Bertz CT molecular complexity index is 1240. The van der Waals surface area contributed by atoms with Crippen molar-refractivity contribution in [3.05, 3.63) is 76.0 Å². The number of carbonyl (C=O) groups is 1. The third kappa shape index (κ3) is 6.04. The van der Waals surface area contributed by atoms with Crippen LogP contribution in [0.1, 0.15) is 21.6 Å². The van der Waals surface area contributed by atoms with Crippen molar-refractivity contribution in [2.75, 3.05) is 26.7 Å². The highest BCUT2D eigenvalue weighted by Gasteiger charge is 2.56. The monoisotopic (exact) mass is 535 g/mol. The quantitative estimate of drug-likeness (QED) is 0.352. The molecule has 0 bridgehead atoms. The molecule has 6 nitrogen and oxygen atoms in total. The largest absolute Gasteiger partial charge is 0.573 e. The van der Waals surface area contributed by atoms with Crippen LogP contribution >= 0.6 is 11.3 Å². The predicted octanol–water partition coefficient (Wildman–Crippen LogP) is 5.21. The molecule has 196 valence electrons. The molecule has 0 radical (unpaired) electrons. The molecular weight excluding hydrogens is 510 g/mol. The minimum atomic E-state index is -4.79. The lowest BCUT2D eigenvalue weighted by Crippen LogP contribution is -2.35. The van der Waals surface area contributed by atoms with E-state index in [9.17, 15) is 22.4 Å². The van der Waals surface area contributed by atoms with Crippen LogP contribution in [-0.2, 0) is 13.1 Å². The highest BCUT2D eigenvalue weighted by Crippen LogP contribution is 2.52. The number of fused-ring (bicyclic) bond motifs is 1. The third-order valence-electron chi connectivity index (χ3n) is 6.98. The number of thiazole rings is 1. The van der Waals surface area contributed by atoms with E-state index in [1.54, 1.807) is 34.0 Å². The van der Waals surface area contributed by atoms with Gasteiger partial charge in [-0.05, 0) is 41.5 Å². The summed E-state index contributed by atoms with van der Waals surface area (Å²) in [5, 5.41) is 1.66. The molecule has 5 rings (SSSR count). The number of ether oxygens (including phenoxy) is 2. The average molecular weight is 536 g/mol. The van der Waals surface area contributed by atoms with E-state index >= 15 is 0 Å². The maximum atomic E-state index is 14.4. The molecule has 1 aliphatic carbocycles. The molecule has 11 heteroatoms. The summed E-state index contributed by atoms with van der Waals surface area (Å²) in [6, 6.07) is 10.5. The Balaban J connectivity index is 1.23. The van der Waals surface area contributed by atoms with Crippen molar-refractivity contribution in [1.82, 2.24) is 14.8 Å². The number of nitrogens with zero attached hydrogens (tertiary/aromatic N) is 3. The Morgan fingerprint density at radius 1 is 1.16 bits per heavy atom. The molecular formula is C26H25F4N3O3S. The van der Waals surface area contributed by atoms with Crippen molar-refractivity contribution in [1.29, 1.82) is 0 Å². The second kappa shape index (κ2) is 10.3. The van der Waals surface area contributed by atoms with Crippen LogP contribution in [-0.4, -0.2) is 53.8 Å². The van der Waals surface area contributed by atoms with Gasteiger partial charge < -0.3 is 14.4 Å². The zero-order valence-electron chi connectivity index (χ0n) is 20.0. The summed E-state index contributed by atoms with van der Waals surface area (Å²) >= 11 is 1.31. The maximum absolute atomic E-state index is 14.4. The fourth-order valence-electron chi connectivity index (χ4n) is 5.18. The number of likely N-dealkylation sites (tertiary alicyclic amines) is 1. The van der Waals surface area contributed by atoms with Gasteiger partial charge in [0.15, 0.2) is 0 Å². The molecule has 2 atom stereocenters. The molecule has 1 saturated carbocycles. The van der Waals surface area contributed by atoms with Crippen molar-refractivity contribution in [3.63, 3.8) is 0 Å². The van der Waals surface area contributed by atoms with E-state index in [4.69, 9.17) is 4.74 Å². The van der Waals surface area contributed by atoms with Crippen LogP contribution in [0.15, 0.2) is 53.4 Å². The molecule has 1 amide bonds. The van der Waals surface area contributed by atoms with Gasteiger partial charge in [0.1, 0.15) is 23.0 Å². The first-order valence-electron chi connectivity index (χ1n) is 11.8. The summed E-state index contributed by atoms with van der Waals surface area (Å²) in [5.74, 6) is 0.633. The number of hydrogen-bond acceptors (Lipinski definition) is 6. The topological polar surface area (TPSA) is 54.9 Å². The Hall–Kier alpha value is -3.18. The van der Waals surface area contributed by atoms with Crippen molar-refractivity contribution in [2.24, 2.45) is 17.8 Å². The standard InChI is InChI=1S/C26H25F4N3O3S/c1-35-18-6-5-17(23(27)8-18)10-32-11-20-21(12-32)22(20)13-33(25(34)24-14-37-15-31-24)9-16-3-2-4-19(7-16)36-26(28,29)30/h2-8,14-15,20-22H,9-13H2,1H3. The van der Waals surface area contributed by atoms with E-state index in [2.05, 4.69) is 14.6 Å². The molecule has 2 aliphatic rings. The highest BCUT2D eigenvalue weighted by atomic mass is 32.1. The molecule has 2 unspecified atom stereocenters. The molecule has 0 N–H and O–H groups in total. The number of aromatic nitrogens is 1. The average Bonchev–Trinajstić information content (AvgIpc) is 3.24. The number of amides is 1. The summed E-state index contributed by atoms with van der Waals surface area (Å²) in [5.41, 5.74) is 3.04. The molecule has 0 spiro atoms. The second-order valence-corrected chi connectivity index (χ2v) is 10.1. The fourth-order valence-corrected chi connectivity index (χ4v) is 5.70. The Kier molecular flexibility index (Phi) is 7.09. The summed E-state index contributed by atoms with van der Waals surface area (Å²) < 4.78 is 61.5. The summed E-state index contributed by atoms with van der Waals surface area (Å²) in [6.45, 7) is 2.72. The maximum Gasteiger partial charge on any atom is 0.573 e. The van der Waals surface area contributed by atoms with Gasteiger partial charge in [-0.15, -0.1) is 24.5 Å². The van der Waals surface area contributed by atoms with Gasteiger partial charge in [0.2, 0.25) is 0 Å². The van der Waals surface area contributed by atoms with Gasteiger partial charge in [-0.2, -0.15) is 0 Å². The van der Waals surface area contributed by atoms with Gasteiger partial charge in [0.05, 0.1) is 12.6 Å². The number of hydrogen-bond donors (Lipinski definition) is 0. The fraction of sp³-hybridized carbons (Fsp3) is 0.385. The van der Waals surface area contributed by atoms with Gasteiger partial charge in [-0.3, -0.25) is 9.69 Å². The molecule has 2 aromatic carbocycles. The molecule has 2 heterocycles. The second-order valence-electron chi connectivity index (χ2n) is 9.40. The zero-order chi connectivity index (χ0) is 26.2. The molecule has 1 aliphatic heterocycles. The number of carbonyl (C=O) groups excluding carboxylic acids is 1. The van der Waals surface area contributed by atoms with Crippen LogP contribution in [0.4, 0.5) is 17.6 Å². The Morgan fingerprint density at radius 2 is 1.95 bits per heavy atom. The van der Waals surface area contributed by atoms with Crippen LogP contribution in [0.5, 0.6) is 11.5 Å². The van der Waals surface area contributed by atoms with Gasteiger partial charge >= 0.3 is 6.36 Å². The number of methoxy groups -OCH3 is 1. The van der Waals surface area contributed by atoms with Crippen LogP contribution in [0, 0.1) is 23.6 Å². The van der Waals surface area contributed by atoms with Crippen LogP contribution in [0.2, 0.25) is 0 Å². The molecule has 1 aromatic heterocycles. The number of piperidine rings is 1. The lowest BCUT2D eigenvalue weighted by atomic mass is 10.1. The summed E-state index contributed by atoms with van der Waals surface area (Å²) in [4.78, 5) is 21.2. The number of benzene rings is 2. The molecule has 37 heavy (non-hydrogen) atoms. The van der Waals surface area contributed by atoms with Gasteiger partial charge in [0, 0.05) is 49.7 Å². The Morgan fingerprint density at radius 3 is 2.59 bits per heavy atom. The van der Waals surface area contributed by atoms with Gasteiger partial charge in [0.25, 0.3) is 5.91 Å². The van der Waals surface area contributed by atoms with Crippen molar-refractivity contribution < 1.29 is 31.8 Å². The molecule has 3 aromatic rings. The van der Waals surface area contributed by atoms with Crippen molar-refractivity contribution >= 4 is 17.2 Å². The first-order chi connectivity index (χ1) is 17.7. The normalized spacial score (nSPS) is 20.9. The van der Waals surface area contributed by atoms with Crippen molar-refractivity contribution in [3.8, 4) is 11.5 Å². The van der Waals surface area contributed by atoms with E-state index in [-0.39, 0.29) is 29.9 Å². The first-order valence-corrected chi connectivity index (χ1v) is 12.7. The minimum absolute atomic E-state index is 0.141. The van der Waals surface area contributed by atoms with E-state index in [0.29, 0.717) is 47.5 Å². The van der Waals surface area contributed by atoms with Crippen LogP contribution in [0.25, 0.3) is 0 Å². The Labute approximate surface area is 215 Å². The smallest absolute Gasteiger partial charge is 0.497 e. The molecule has 2 fully saturated rings. The number of alkyl halides is 3. The van der Waals surface area contributed by atoms with Gasteiger partial charge in [-0.1, -0.05) is 18.2 Å². The van der Waals surface area contributed by atoms with E-state index in [0.717, 1.165) is 13.1 Å². The highest BCUT2D eigenvalue weighted by molar-refractivity contribution is 7.07.